The van der Waals surface area contributed by atoms with Crippen LogP contribution in [-0.2, 0) is 16.4 Å². The lowest BCUT2D eigenvalue weighted by Gasteiger charge is -2.21. The highest BCUT2D eigenvalue weighted by molar-refractivity contribution is 7.89. The van der Waals surface area contributed by atoms with Gasteiger partial charge in [0.05, 0.1) is 17.6 Å². The Morgan fingerprint density at radius 2 is 1.89 bits per heavy atom. The average molecular weight is 390 g/mol. The predicted molar refractivity (Wildman–Crippen MR) is 99.7 cm³/mol. The Bertz CT molecular complexity index is 915. The summed E-state index contributed by atoms with van der Waals surface area (Å²) in [6.07, 6.45) is -0.247. The molecule has 2 aromatic rings. The van der Waals surface area contributed by atoms with Crippen LogP contribution in [0.1, 0.15) is 34.0 Å². The van der Waals surface area contributed by atoms with Crippen LogP contribution >= 0.6 is 0 Å². The van der Waals surface area contributed by atoms with Crippen LogP contribution in [0.5, 0.6) is 0 Å². The van der Waals surface area contributed by atoms with E-state index in [2.05, 4.69) is 10.0 Å². The van der Waals surface area contributed by atoms with E-state index in [1.165, 1.54) is 12.1 Å². The minimum atomic E-state index is -3.96. The Morgan fingerprint density at radius 3 is 2.59 bits per heavy atom. The first-order valence-electron chi connectivity index (χ1n) is 8.68. The third-order valence-corrected chi connectivity index (χ3v) is 6.07. The Labute approximate surface area is 158 Å². The van der Waals surface area contributed by atoms with E-state index in [4.69, 9.17) is 0 Å². The molecule has 7 nitrogen and oxygen atoms in total. The fourth-order valence-corrected chi connectivity index (χ4v) is 4.35. The molecule has 8 heteroatoms. The van der Waals surface area contributed by atoms with Gasteiger partial charge in [0, 0.05) is 18.2 Å². The van der Waals surface area contributed by atoms with E-state index in [1.54, 1.807) is 30.3 Å². The van der Waals surface area contributed by atoms with Crippen molar-refractivity contribution in [2.45, 2.75) is 29.9 Å². The normalized spacial score (nSPS) is 16.3. The highest BCUT2D eigenvalue weighted by Gasteiger charge is 2.25. The number of nitrogens with one attached hydrogen (secondary N) is 2. The van der Waals surface area contributed by atoms with E-state index in [1.807, 2.05) is 6.07 Å². The van der Waals surface area contributed by atoms with Crippen molar-refractivity contribution in [3.8, 4) is 0 Å². The molecule has 1 aliphatic rings. The van der Waals surface area contributed by atoms with E-state index in [0.29, 0.717) is 24.1 Å². The molecule has 0 bridgehead atoms. The second kappa shape index (κ2) is 8.18. The van der Waals surface area contributed by atoms with Crippen LogP contribution in [0.3, 0.4) is 0 Å². The van der Waals surface area contributed by atoms with Gasteiger partial charge in [-0.15, -0.1) is 0 Å². The number of aliphatic hydroxyl groups is 2. The number of fused-ring (bicyclic) bond motifs is 1. The van der Waals surface area contributed by atoms with Crippen molar-refractivity contribution >= 4 is 15.9 Å². The molecule has 0 radical (unpaired) electrons. The van der Waals surface area contributed by atoms with Crippen LogP contribution in [-0.4, -0.2) is 43.7 Å². The molecule has 1 amide bonds. The molecule has 0 saturated heterocycles. The van der Waals surface area contributed by atoms with Crippen LogP contribution in [0.15, 0.2) is 53.4 Å². The van der Waals surface area contributed by atoms with Crippen LogP contribution in [0.25, 0.3) is 0 Å². The van der Waals surface area contributed by atoms with Gasteiger partial charge in [0.1, 0.15) is 0 Å². The van der Waals surface area contributed by atoms with Gasteiger partial charge in [-0.3, -0.25) is 4.79 Å². The molecule has 3 rings (SSSR count). The van der Waals surface area contributed by atoms with Gasteiger partial charge in [0.15, 0.2) is 0 Å². The van der Waals surface area contributed by atoms with E-state index < -0.39 is 28.8 Å². The zero-order valence-corrected chi connectivity index (χ0v) is 15.4. The van der Waals surface area contributed by atoms with Crippen molar-refractivity contribution in [3.63, 3.8) is 0 Å². The molecular formula is C19H22N2O5S. The number of carbonyl (C=O) groups is 1. The predicted octanol–water partition coefficient (Wildman–Crippen LogP) is 0.735. The molecular weight excluding hydrogens is 368 g/mol. The molecule has 2 aromatic carbocycles. The van der Waals surface area contributed by atoms with Crippen LogP contribution in [0, 0.1) is 0 Å². The van der Waals surface area contributed by atoms with Crippen molar-refractivity contribution < 1.29 is 23.4 Å². The smallest absolute Gasteiger partial charge is 0.251 e. The van der Waals surface area contributed by atoms with Gasteiger partial charge in [0.25, 0.3) is 5.91 Å². The second-order valence-corrected chi connectivity index (χ2v) is 8.20. The number of carbonyl (C=O) groups excluding carboxylic acids is 1. The number of amides is 1. The lowest BCUT2D eigenvalue weighted by Crippen LogP contribution is -2.39. The molecule has 0 aromatic heterocycles. The average Bonchev–Trinajstić information content (AvgIpc) is 2.68. The highest BCUT2D eigenvalue weighted by Crippen LogP contribution is 2.21. The van der Waals surface area contributed by atoms with E-state index in [9.17, 15) is 23.4 Å². The van der Waals surface area contributed by atoms with E-state index in [0.717, 1.165) is 5.56 Å². The van der Waals surface area contributed by atoms with Gasteiger partial charge in [-0.1, -0.05) is 36.4 Å². The molecule has 144 valence electrons. The molecule has 0 spiro atoms. The summed E-state index contributed by atoms with van der Waals surface area (Å²) in [6, 6.07) is 12.4. The molecule has 2 unspecified atom stereocenters. The zero-order chi connectivity index (χ0) is 19.4. The maximum atomic E-state index is 12.7. The van der Waals surface area contributed by atoms with Crippen molar-refractivity contribution in [1.82, 2.24) is 10.0 Å². The number of hydrogen-bond acceptors (Lipinski definition) is 5. The highest BCUT2D eigenvalue weighted by atomic mass is 32.2. The van der Waals surface area contributed by atoms with Crippen molar-refractivity contribution in [1.29, 1.82) is 0 Å². The van der Waals surface area contributed by atoms with Gasteiger partial charge in [-0.25, -0.2) is 13.1 Å². The van der Waals surface area contributed by atoms with Crippen LogP contribution < -0.4 is 10.0 Å². The number of sulfonamides is 1. The minimum Gasteiger partial charge on any atom is -0.395 e. The number of benzene rings is 2. The third kappa shape index (κ3) is 4.54. The number of aliphatic hydroxyl groups excluding tert-OH is 2. The molecule has 1 aliphatic heterocycles. The van der Waals surface area contributed by atoms with E-state index >= 15 is 0 Å². The summed E-state index contributed by atoms with van der Waals surface area (Å²) in [7, 11) is -3.96. The number of rotatable bonds is 7. The summed E-state index contributed by atoms with van der Waals surface area (Å²) >= 11 is 0. The minimum absolute atomic E-state index is 0.0190. The second-order valence-electron chi connectivity index (χ2n) is 6.49. The SMILES string of the molecule is O=C1NCCc2ccc(S(=O)(=O)NC(CO)CC(O)c3ccccc3)cc21. The summed E-state index contributed by atoms with van der Waals surface area (Å²) in [4.78, 5) is 11.9. The van der Waals surface area contributed by atoms with Crippen molar-refractivity contribution in [2.75, 3.05) is 13.2 Å². The monoisotopic (exact) mass is 390 g/mol. The van der Waals surface area contributed by atoms with Crippen LogP contribution in [0.2, 0.25) is 0 Å². The fourth-order valence-electron chi connectivity index (χ4n) is 3.09. The fraction of sp³-hybridized carbons (Fsp3) is 0.316. The lowest BCUT2D eigenvalue weighted by molar-refractivity contribution is 0.0945. The largest absolute Gasteiger partial charge is 0.395 e. The first kappa shape index (κ1) is 19.5. The Morgan fingerprint density at radius 1 is 1.15 bits per heavy atom. The van der Waals surface area contributed by atoms with Gasteiger partial charge >= 0.3 is 0 Å². The first-order chi connectivity index (χ1) is 12.9. The van der Waals surface area contributed by atoms with Gasteiger partial charge in [-0.2, -0.15) is 0 Å². The molecule has 0 fully saturated rings. The maximum absolute atomic E-state index is 12.7. The first-order valence-corrected chi connectivity index (χ1v) is 10.2. The Kier molecular flexibility index (Phi) is 5.91. The van der Waals surface area contributed by atoms with Gasteiger partial charge in [-0.05, 0) is 36.1 Å². The molecule has 27 heavy (non-hydrogen) atoms. The van der Waals surface area contributed by atoms with Gasteiger partial charge < -0.3 is 15.5 Å². The topological polar surface area (TPSA) is 116 Å². The zero-order valence-electron chi connectivity index (χ0n) is 14.6. The van der Waals surface area contributed by atoms with E-state index in [-0.39, 0.29) is 17.2 Å². The summed E-state index contributed by atoms with van der Waals surface area (Å²) in [5, 5.41) is 22.5. The quantitative estimate of drug-likeness (QED) is 0.556. The molecule has 0 saturated carbocycles. The third-order valence-electron chi connectivity index (χ3n) is 4.55. The standard InChI is InChI=1S/C19H22N2O5S/c22-12-15(10-18(23)14-4-2-1-3-5-14)21-27(25,26)16-7-6-13-8-9-20-19(24)17(13)11-16/h1-7,11,15,18,21-23H,8-10,12H2,(H,20,24). The summed E-state index contributed by atoms with van der Waals surface area (Å²) < 4.78 is 27.8. The van der Waals surface area contributed by atoms with Crippen molar-refractivity contribution in [2.24, 2.45) is 0 Å². The summed E-state index contributed by atoms with van der Waals surface area (Å²) in [5.41, 5.74) is 1.78. The van der Waals surface area contributed by atoms with Crippen molar-refractivity contribution in [3.05, 3.63) is 65.2 Å². The van der Waals surface area contributed by atoms with Gasteiger partial charge in [0.2, 0.25) is 10.0 Å². The van der Waals surface area contributed by atoms with Crippen LogP contribution in [0.4, 0.5) is 0 Å². The molecule has 2 atom stereocenters. The summed E-state index contributed by atoms with van der Waals surface area (Å²) in [6.45, 7) is 0.0642. The molecule has 4 N–H and O–H groups in total. The summed E-state index contributed by atoms with van der Waals surface area (Å²) in [5.74, 6) is -0.300. The maximum Gasteiger partial charge on any atom is 0.251 e. The molecule has 1 heterocycles. The Hall–Kier alpha value is -2.26. The Balaban J connectivity index is 1.76. The number of hydrogen-bond donors (Lipinski definition) is 4. The lowest BCUT2D eigenvalue weighted by atomic mass is 10.0. The molecule has 0 aliphatic carbocycles.